The van der Waals surface area contributed by atoms with Crippen molar-refractivity contribution in [3.05, 3.63) is 50.7 Å². The minimum absolute atomic E-state index is 0.165. The lowest BCUT2D eigenvalue weighted by molar-refractivity contribution is -0.117. The molecule has 0 spiro atoms. The summed E-state index contributed by atoms with van der Waals surface area (Å²) in [6.07, 6.45) is 1.64. The maximum Gasteiger partial charge on any atom is 0.143 e. The van der Waals surface area contributed by atoms with Crippen LogP contribution in [0.1, 0.15) is 23.9 Å². The van der Waals surface area contributed by atoms with E-state index in [1.54, 1.807) is 16.8 Å². The molecule has 0 radical (unpaired) electrons. The first kappa shape index (κ1) is 15.3. The molecule has 0 aliphatic rings. The van der Waals surface area contributed by atoms with Crippen LogP contribution < -0.4 is 0 Å². The van der Waals surface area contributed by atoms with Crippen molar-refractivity contribution in [1.29, 1.82) is 0 Å². The van der Waals surface area contributed by atoms with E-state index in [-0.39, 0.29) is 5.78 Å². The molecule has 1 aromatic heterocycles. The van der Waals surface area contributed by atoms with Crippen molar-refractivity contribution in [2.75, 3.05) is 0 Å². The first-order valence-electron chi connectivity index (χ1n) is 6.47. The minimum atomic E-state index is 0.165. The number of Topliss-reactive ketones (excluding diaryl/α,β-unsaturated/α-hetero) is 1. The summed E-state index contributed by atoms with van der Waals surface area (Å²) in [5.74, 6) is 0.165. The van der Waals surface area contributed by atoms with Gasteiger partial charge in [0.15, 0.2) is 0 Å². The lowest BCUT2D eigenvalue weighted by Crippen LogP contribution is -2.10. The number of nitrogens with zero attached hydrogens (tertiary/aromatic N) is 2. The SMILES string of the molecule is CCc1nn(C)c(CC(=O)Cc2ccc(Cl)cc2)c1Br. The summed E-state index contributed by atoms with van der Waals surface area (Å²) < 4.78 is 2.73. The molecule has 0 unspecified atom stereocenters. The molecule has 0 amide bonds. The van der Waals surface area contributed by atoms with Crippen LogP contribution in [0.15, 0.2) is 28.7 Å². The number of ketones is 1. The van der Waals surface area contributed by atoms with E-state index in [0.29, 0.717) is 17.9 Å². The van der Waals surface area contributed by atoms with Gasteiger partial charge in [0.05, 0.1) is 15.9 Å². The third-order valence-corrected chi connectivity index (χ3v) is 4.35. The van der Waals surface area contributed by atoms with E-state index in [2.05, 4.69) is 21.0 Å². The first-order chi connectivity index (χ1) is 9.51. The van der Waals surface area contributed by atoms with Gasteiger partial charge in [-0.25, -0.2) is 0 Å². The van der Waals surface area contributed by atoms with Gasteiger partial charge in [-0.05, 0) is 40.0 Å². The molecule has 106 valence electrons. The third kappa shape index (κ3) is 3.49. The summed E-state index contributed by atoms with van der Waals surface area (Å²) in [5, 5.41) is 5.08. The van der Waals surface area contributed by atoms with Crippen molar-refractivity contribution < 1.29 is 4.79 Å². The van der Waals surface area contributed by atoms with Gasteiger partial charge in [-0.3, -0.25) is 9.48 Å². The van der Waals surface area contributed by atoms with E-state index in [1.165, 1.54) is 0 Å². The van der Waals surface area contributed by atoms with E-state index >= 15 is 0 Å². The van der Waals surface area contributed by atoms with Crippen LogP contribution in [0.3, 0.4) is 0 Å². The number of carbonyl (C=O) groups excluding carboxylic acids is 1. The highest BCUT2D eigenvalue weighted by Crippen LogP contribution is 2.22. The molecule has 0 aliphatic heterocycles. The molecule has 0 fully saturated rings. The maximum atomic E-state index is 12.2. The van der Waals surface area contributed by atoms with Crippen LogP contribution in [-0.4, -0.2) is 15.6 Å². The standard InChI is InChI=1S/C15H16BrClN2O/c1-3-13-15(16)14(19(2)18-13)9-12(20)8-10-4-6-11(17)7-5-10/h4-7H,3,8-9H2,1-2H3. The van der Waals surface area contributed by atoms with Crippen molar-refractivity contribution in [3.8, 4) is 0 Å². The Kier molecular flexibility index (Phi) is 5.00. The van der Waals surface area contributed by atoms with Crippen molar-refractivity contribution in [2.45, 2.75) is 26.2 Å². The predicted octanol–water partition coefficient (Wildman–Crippen LogP) is 3.75. The molecule has 1 aromatic carbocycles. The molecular weight excluding hydrogens is 340 g/mol. The zero-order valence-electron chi connectivity index (χ0n) is 11.5. The van der Waals surface area contributed by atoms with Crippen LogP contribution in [-0.2, 0) is 31.1 Å². The van der Waals surface area contributed by atoms with E-state index < -0.39 is 0 Å². The van der Waals surface area contributed by atoms with Gasteiger partial charge >= 0.3 is 0 Å². The number of benzene rings is 1. The Bertz CT molecular complexity index is 620. The number of aromatic nitrogens is 2. The second-order valence-corrected chi connectivity index (χ2v) is 5.93. The van der Waals surface area contributed by atoms with Crippen LogP contribution in [0.4, 0.5) is 0 Å². The normalized spacial score (nSPS) is 10.8. The molecule has 2 rings (SSSR count). The van der Waals surface area contributed by atoms with Crippen LogP contribution in [0.2, 0.25) is 5.02 Å². The summed E-state index contributed by atoms with van der Waals surface area (Å²) in [4.78, 5) is 12.2. The summed E-state index contributed by atoms with van der Waals surface area (Å²) in [6.45, 7) is 2.05. The third-order valence-electron chi connectivity index (χ3n) is 3.18. The number of hydrogen-bond donors (Lipinski definition) is 0. The lowest BCUT2D eigenvalue weighted by atomic mass is 10.1. The lowest BCUT2D eigenvalue weighted by Gasteiger charge is -2.03. The monoisotopic (exact) mass is 354 g/mol. The highest BCUT2D eigenvalue weighted by molar-refractivity contribution is 9.10. The zero-order chi connectivity index (χ0) is 14.7. The summed E-state index contributed by atoms with van der Waals surface area (Å²) in [6, 6.07) is 7.38. The Labute approximate surface area is 132 Å². The molecule has 2 aromatic rings. The van der Waals surface area contributed by atoms with Crippen LogP contribution in [0.5, 0.6) is 0 Å². The molecule has 0 atom stereocenters. The van der Waals surface area contributed by atoms with Crippen LogP contribution in [0, 0.1) is 0 Å². The second kappa shape index (κ2) is 6.55. The zero-order valence-corrected chi connectivity index (χ0v) is 13.8. The average molecular weight is 356 g/mol. The van der Waals surface area contributed by atoms with Gasteiger partial charge in [0.25, 0.3) is 0 Å². The fraction of sp³-hybridized carbons (Fsp3) is 0.333. The smallest absolute Gasteiger partial charge is 0.143 e. The van der Waals surface area contributed by atoms with E-state index in [9.17, 15) is 4.79 Å². The molecule has 1 heterocycles. The molecule has 0 saturated heterocycles. The number of aryl methyl sites for hydroxylation is 2. The quantitative estimate of drug-likeness (QED) is 0.818. The Balaban J connectivity index is 2.08. The van der Waals surface area contributed by atoms with E-state index in [4.69, 9.17) is 11.6 Å². The van der Waals surface area contributed by atoms with Gasteiger partial charge in [-0.1, -0.05) is 30.7 Å². The van der Waals surface area contributed by atoms with Gasteiger partial charge in [0, 0.05) is 24.9 Å². The van der Waals surface area contributed by atoms with Gasteiger partial charge in [0.2, 0.25) is 0 Å². The number of halogens is 2. The average Bonchev–Trinajstić information content (AvgIpc) is 2.69. The van der Waals surface area contributed by atoms with Crippen molar-refractivity contribution in [1.82, 2.24) is 9.78 Å². The van der Waals surface area contributed by atoms with Crippen LogP contribution >= 0.6 is 27.5 Å². The van der Waals surface area contributed by atoms with Crippen LogP contribution in [0.25, 0.3) is 0 Å². The summed E-state index contributed by atoms with van der Waals surface area (Å²) in [5.41, 5.74) is 2.90. The Morgan fingerprint density at radius 3 is 2.50 bits per heavy atom. The first-order valence-corrected chi connectivity index (χ1v) is 7.64. The Morgan fingerprint density at radius 1 is 1.30 bits per heavy atom. The minimum Gasteiger partial charge on any atom is -0.299 e. The van der Waals surface area contributed by atoms with Gasteiger partial charge in [-0.2, -0.15) is 5.10 Å². The molecular formula is C15H16BrClN2O. The summed E-state index contributed by atoms with van der Waals surface area (Å²) >= 11 is 9.37. The Hall–Kier alpha value is -1.13. The largest absolute Gasteiger partial charge is 0.299 e. The number of carbonyl (C=O) groups is 1. The highest BCUT2D eigenvalue weighted by atomic mass is 79.9. The van der Waals surface area contributed by atoms with Gasteiger partial charge in [-0.15, -0.1) is 0 Å². The predicted molar refractivity (Wildman–Crippen MR) is 84.2 cm³/mol. The van der Waals surface area contributed by atoms with Crippen molar-refractivity contribution in [2.24, 2.45) is 7.05 Å². The highest BCUT2D eigenvalue weighted by Gasteiger charge is 2.15. The molecule has 0 aliphatic carbocycles. The number of rotatable bonds is 5. The van der Waals surface area contributed by atoms with Crippen molar-refractivity contribution >= 4 is 33.3 Å². The fourth-order valence-corrected chi connectivity index (χ4v) is 2.97. The van der Waals surface area contributed by atoms with E-state index in [1.807, 2.05) is 26.1 Å². The summed E-state index contributed by atoms with van der Waals surface area (Å²) in [7, 11) is 1.87. The second-order valence-electron chi connectivity index (χ2n) is 4.70. The van der Waals surface area contributed by atoms with Crippen molar-refractivity contribution in [3.63, 3.8) is 0 Å². The molecule has 0 bridgehead atoms. The molecule has 3 nitrogen and oxygen atoms in total. The van der Waals surface area contributed by atoms with E-state index in [0.717, 1.165) is 27.8 Å². The van der Waals surface area contributed by atoms with Gasteiger partial charge < -0.3 is 0 Å². The Morgan fingerprint density at radius 2 is 1.95 bits per heavy atom. The number of hydrogen-bond acceptors (Lipinski definition) is 2. The maximum absolute atomic E-state index is 12.2. The topological polar surface area (TPSA) is 34.9 Å². The molecule has 5 heteroatoms. The van der Waals surface area contributed by atoms with Gasteiger partial charge in [0.1, 0.15) is 5.78 Å². The molecule has 20 heavy (non-hydrogen) atoms. The molecule has 0 N–H and O–H groups in total. The molecule has 0 saturated carbocycles. The fourth-order valence-electron chi connectivity index (χ4n) is 2.09.